The number of carbonyl (C=O) groups excluding carboxylic acids is 2. The zero-order valence-electron chi connectivity index (χ0n) is 14.0. The quantitative estimate of drug-likeness (QED) is 0.638. The van der Waals surface area contributed by atoms with Crippen molar-refractivity contribution in [2.75, 3.05) is 19.1 Å². The fourth-order valence-electron chi connectivity index (χ4n) is 2.66. The molecule has 0 saturated carbocycles. The molecule has 1 aliphatic heterocycles. The summed E-state index contributed by atoms with van der Waals surface area (Å²) >= 11 is 10.4. The summed E-state index contributed by atoms with van der Waals surface area (Å²) < 4.78 is 11.4. The van der Waals surface area contributed by atoms with E-state index >= 15 is 0 Å². The molecule has 2 amide bonds. The van der Waals surface area contributed by atoms with E-state index in [4.69, 9.17) is 21.1 Å². The van der Waals surface area contributed by atoms with Crippen molar-refractivity contribution in [3.63, 3.8) is 0 Å². The third kappa shape index (κ3) is 3.70. The topological polar surface area (TPSA) is 55.8 Å². The highest BCUT2D eigenvalue weighted by molar-refractivity contribution is 9.10. The van der Waals surface area contributed by atoms with Gasteiger partial charge in [-0.05, 0) is 48.4 Å². The first-order valence-corrected chi connectivity index (χ1v) is 9.70. The number of ether oxygens (including phenoxy) is 2. The van der Waals surface area contributed by atoms with Crippen molar-refractivity contribution >= 4 is 56.1 Å². The summed E-state index contributed by atoms with van der Waals surface area (Å²) in [7, 11) is 3.11. The van der Waals surface area contributed by atoms with E-state index in [0.717, 1.165) is 21.8 Å². The second kappa shape index (κ2) is 7.90. The number of halogens is 2. The molecule has 1 aliphatic rings. The summed E-state index contributed by atoms with van der Waals surface area (Å²) in [6, 6.07) is 10.2. The second-order valence-electron chi connectivity index (χ2n) is 5.53. The highest BCUT2D eigenvalue weighted by Gasteiger charge is 2.40. The van der Waals surface area contributed by atoms with Crippen LogP contribution in [0, 0.1) is 0 Å². The molecule has 8 heteroatoms. The molecular weight excluding hydrogens is 442 g/mol. The first kappa shape index (κ1) is 19.1. The summed E-state index contributed by atoms with van der Waals surface area (Å²) in [5.41, 5.74) is 1.38. The molecule has 1 fully saturated rings. The van der Waals surface area contributed by atoms with Crippen LogP contribution in [-0.2, 0) is 11.2 Å². The third-order valence-corrected chi connectivity index (χ3v) is 5.99. The molecule has 0 N–H and O–H groups in total. The monoisotopic (exact) mass is 455 g/mol. The molecule has 0 aromatic heterocycles. The average molecular weight is 457 g/mol. The molecule has 0 unspecified atom stereocenters. The van der Waals surface area contributed by atoms with Gasteiger partial charge in [0.15, 0.2) is 11.5 Å². The van der Waals surface area contributed by atoms with Gasteiger partial charge in [0.05, 0.1) is 25.2 Å². The number of hydrogen-bond donors (Lipinski definition) is 0. The van der Waals surface area contributed by atoms with Crippen molar-refractivity contribution in [2.45, 2.75) is 11.7 Å². The normalized spacial score (nSPS) is 16.9. The van der Waals surface area contributed by atoms with E-state index in [-0.39, 0.29) is 11.1 Å². The Labute approximate surface area is 168 Å². The van der Waals surface area contributed by atoms with Gasteiger partial charge in [-0.3, -0.25) is 9.59 Å². The predicted molar refractivity (Wildman–Crippen MR) is 107 cm³/mol. The number of rotatable bonds is 5. The Balaban J connectivity index is 1.84. The highest BCUT2D eigenvalue weighted by atomic mass is 79.9. The van der Waals surface area contributed by atoms with Crippen LogP contribution in [0.4, 0.5) is 10.5 Å². The number of anilines is 1. The lowest BCUT2D eigenvalue weighted by molar-refractivity contribution is -0.117. The minimum absolute atomic E-state index is 0.246. The van der Waals surface area contributed by atoms with Crippen LogP contribution in [0.3, 0.4) is 0 Å². The maximum atomic E-state index is 12.8. The number of amides is 2. The lowest BCUT2D eigenvalue weighted by Crippen LogP contribution is -2.32. The molecular formula is C18H15BrClNO4S. The minimum atomic E-state index is -0.507. The van der Waals surface area contributed by atoms with Crippen LogP contribution in [0.25, 0.3) is 0 Å². The van der Waals surface area contributed by atoms with E-state index in [9.17, 15) is 9.59 Å². The molecule has 0 aliphatic carbocycles. The van der Waals surface area contributed by atoms with Gasteiger partial charge in [0.1, 0.15) is 0 Å². The number of nitrogens with zero attached hydrogens (tertiary/aromatic N) is 1. The fourth-order valence-corrected chi connectivity index (χ4v) is 4.29. The maximum Gasteiger partial charge on any atom is 0.293 e. The van der Waals surface area contributed by atoms with E-state index < -0.39 is 5.25 Å². The van der Waals surface area contributed by atoms with Crippen LogP contribution in [0.2, 0.25) is 5.02 Å². The molecule has 3 rings (SSSR count). The van der Waals surface area contributed by atoms with Gasteiger partial charge in [-0.1, -0.05) is 39.3 Å². The molecule has 0 spiro atoms. The third-order valence-electron chi connectivity index (χ3n) is 3.96. The predicted octanol–water partition coefficient (Wildman–Crippen LogP) is 4.93. The molecule has 5 nitrogen and oxygen atoms in total. The maximum absolute atomic E-state index is 12.8. The standard InChI is InChI=1S/C18H15BrClNO4S/c1-24-14-7-10(13(19)9-15(14)25-2)8-16-17(22)21(18(23)26-16)12-5-3-11(20)4-6-12/h3-7,9,16H,8H2,1-2H3/t16-/m1/s1. The summed E-state index contributed by atoms with van der Waals surface area (Å²) in [6.45, 7) is 0. The van der Waals surface area contributed by atoms with Crippen molar-refractivity contribution in [1.29, 1.82) is 0 Å². The number of carbonyl (C=O) groups is 2. The lowest BCUT2D eigenvalue weighted by Gasteiger charge is -2.15. The highest BCUT2D eigenvalue weighted by Crippen LogP contribution is 2.38. The largest absolute Gasteiger partial charge is 0.493 e. The van der Waals surface area contributed by atoms with Gasteiger partial charge in [0.2, 0.25) is 5.91 Å². The van der Waals surface area contributed by atoms with Crippen molar-refractivity contribution in [3.05, 3.63) is 51.5 Å². The molecule has 2 aromatic carbocycles. The number of methoxy groups -OCH3 is 2. The van der Waals surface area contributed by atoms with E-state index in [0.29, 0.717) is 28.6 Å². The first-order chi connectivity index (χ1) is 12.4. The molecule has 1 atom stereocenters. The SMILES string of the molecule is COc1cc(Br)c(C[C@H]2SC(=O)N(c3ccc(Cl)cc3)C2=O)cc1OC. The van der Waals surface area contributed by atoms with E-state index in [1.54, 1.807) is 44.6 Å². The Hall–Kier alpha value is -1.70. The number of hydrogen-bond acceptors (Lipinski definition) is 5. The summed E-state index contributed by atoms with van der Waals surface area (Å²) in [5, 5.41) is -0.252. The second-order valence-corrected chi connectivity index (χ2v) is 7.97. The fraction of sp³-hybridized carbons (Fsp3) is 0.222. The molecule has 0 bridgehead atoms. The molecule has 2 aromatic rings. The molecule has 1 heterocycles. The molecule has 0 radical (unpaired) electrons. The Morgan fingerprint density at radius 1 is 1.12 bits per heavy atom. The number of benzene rings is 2. The first-order valence-electron chi connectivity index (χ1n) is 7.65. The van der Waals surface area contributed by atoms with E-state index in [1.807, 2.05) is 6.07 Å². The lowest BCUT2D eigenvalue weighted by atomic mass is 10.1. The van der Waals surface area contributed by atoms with Gasteiger partial charge in [-0.25, -0.2) is 4.90 Å². The van der Waals surface area contributed by atoms with Crippen LogP contribution in [0.15, 0.2) is 40.9 Å². The number of imide groups is 1. The van der Waals surface area contributed by atoms with Crippen LogP contribution >= 0.6 is 39.3 Å². The van der Waals surface area contributed by atoms with Crippen LogP contribution in [0.1, 0.15) is 5.56 Å². The Morgan fingerprint density at radius 2 is 1.73 bits per heavy atom. The average Bonchev–Trinajstić information content (AvgIpc) is 2.90. The van der Waals surface area contributed by atoms with Crippen molar-refractivity contribution in [2.24, 2.45) is 0 Å². The minimum Gasteiger partial charge on any atom is -0.493 e. The van der Waals surface area contributed by atoms with E-state index in [1.165, 1.54) is 4.90 Å². The van der Waals surface area contributed by atoms with Gasteiger partial charge < -0.3 is 9.47 Å². The van der Waals surface area contributed by atoms with Gasteiger partial charge in [-0.15, -0.1) is 0 Å². The summed E-state index contributed by atoms with van der Waals surface area (Å²) in [6.07, 6.45) is 0.389. The molecule has 26 heavy (non-hydrogen) atoms. The van der Waals surface area contributed by atoms with E-state index in [2.05, 4.69) is 15.9 Å². The van der Waals surface area contributed by atoms with Crippen molar-refractivity contribution < 1.29 is 19.1 Å². The van der Waals surface area contributed by atoms with Crippen LogP contribution in [0.5, 0.6) is 11.5 Å². The summed E-state index contributed by atoms with van der Waals surface area (Å²) in [4.78, 5) is 26.3. The van der Waals surface area contributed by atoms with Gasteiger partial charge in [0, 0.05) is 9.50 Å². The number of thioether (sulfide) groups is 1. The van der Waals surface area contributed by atoms with Gasteiger partial charge >= 0.3 is 0 Å². The Kier molecular flexibility index (Phi) is 5.79. The van der Waals surface area contributed by atoms with Crippen LogP contribution < -0.4 is 14.4 Å². The van der Waals surface area contributed by atoms with Crippen LogP contribution in [-0.4, -0.2) is 30.6 Å². The molecule has 136 valence electrons. The van der Waals surface area contributed by atoms with Gasteiger partial charge in [-0.2, -0.15) is 0 Å². The van der Waals surface area contributed by atoms with Crippen molar-refractivity contribution in [1.82, 2.24) is 0 Å². The van der Waals surface area contributed by atoms with Gasteiger partial charge in [0.25, 0.3) is 5.24 Å². The van der Waals surface area contributed by atoms with Crippen molar-refractivity contribution in [3.8, 4) is 11.5 Å². The molecule has 1 saturated heterocycles. The Bertz CT molecular complexity index is 859. The Morgan fingerprint density at radius 3 is 2.35 bits per heavy atom. The zero-order chi connectivity index (χ0) is 18.8. The summed E-state index contributed by atoms with van der Waals surface area (Å²) in [5.74, 6) is 0.915. The smallest absolute Gasteiger partial charge is 0.293 e. The zero-order valence-corrected chi connectivity index (χ0v) is 17.2.